The molecule has 632 valence electrons. The van der Waals surface area contributed by atoms with E-state index in [1.165, 1.54) is 208 Å². The Hall–Kier alpha value is -17.2. The fourth-order valence-corrected chi connectivity index (χ4v) is 23.1. The lowest BCUT2D eigenvalue weighted by molar-refractivity contribution is 0.591. The lowest BCUT2D eigenvalue weighted by Gasteiger charge is -2.31. The normalized spacial score (nSPS) is 12.7. The number of aryl methyl sites for hydroxylation is 1. The molecule has 2 aliphatic carbocycles. The molecule has 1 spiro atoms. The van der Waals surface area contributed by atoms with Crippen molar-refractivity contribution in [3.63, 3.8) is 0 Å². The molecule has 2 aliphatic rings. The van der Waals surface area contributed by atoms with Gasteiger partial charge in [-0.2, -0.15) is 0 Å². The molecule has 6 nitrogen and oxygen atoms in total. The largest absolute Gasteiger partial charge is 0.309 e. The van der Waals surface area contributed by atoms with Crippen LogP contribution in [0.3, 0.4) is 0 Å². The van der Waals surface area contributed by atoms with Crippen molar-refractivity contribution in [2.24, 2.45) is 0 Å². The molecule has 29 rings (SSSR count). The summed E-state index contributed by atoms with van der Waals surface area (Å²) in [6.07, 6.45) is 0. The van der Waals surface area contributed by atoms with Gasteiger partial charge in [0.15, 0.2) is 0 Å². The summed E-state index contributed by atoms with van der Waals surface area (Å²) < 4.78 is 7.22. The van der Waals surface area contributed by atoms with Crippen molar-refractivity contribution < 1.29 is 0 Å². The molecule has 6 heteroatoms. The molecule has 0 radical (unpaired) electrons. The van der Waals surface area contributed by atoms with Crippen LogP contribution >= 0.6 is 0 Å². The van der Waals surface area contributed by atoms with Crippen molar-refractivity contribution in [3.05, 3.63) is 482 Å². The molecule has 6 heterocycles. The zero-order valence-electron chi connectivity index (χ0n) is 74.9. The van der Waals surface area contributed by atoms with Gasteiger partial charge in [-0.25, -0.2) is 15.0 Å². The van der Waals surface area contributed by atoms with Gasteiger partial charge < -0.3 is 13.7 Å². The van der Waals surface area contributed by atoms with Gasteiger partial charge in [0.05, 0.1) is 72.1 Å². The van der Waals surface area contributed by atoms with Gasteiger partial charge in [-0.3, -0.25) is 0 Å². The van der Waals surface area contributed by atoms with E-state index in [1.807, 2.05) is 0 Å². The molecule has 0 bridgehead atoms. The van der Waals surface area contributed by atoms with Gasteiger partial charge in [0.1, 0.15) is 0 Å². The van der Waals surface area contributed by atoms with E-state index in [4.69, 9.17) is 15.0 Å². The maximum absolute atomic E-state index is 5.50. The summed E-state index contributed by atoms with van der Waals surface area (Å²) in [5, 5.41) is 26.1. The number of hydrogen-bond acceptors (Lipinski definition) is 3. The maximum atomic E-state index is 5.50. The lowest BCUT2D eigenvalue weighted by atomic mass is 9.70. The first kappa shape index (κ1) is 77.7. The third-order valence-electron chi connectivity index (χ3n) is 29.1. The van der Waals surface area contributed by atoms with E-state index in [0.29, 0.717) is 0 Å². The standard InChI is InChI=1S/C54H32N2.C39H30N2.C36H24N2/c1-2-15-37-35(13-1)36-14-3-4-20-44(36)53-45(37)29-30-50(55-53)33-25-27-40-41-28-26-34(56-51-23-11-7-18-42(51)43-19-8-12-24-52(43)56)32-49(41)54(48(40)31-33)46-21-9-5-16-38(46)39-17-6-10-22-47(39)54;1-39(2,3)26-19-22-37-34(24-26)31-16-8-9-18-36(31)41(37)27-12-10-11-25(23-27)35-21-20-33-30-15-5-4-13-28(30)29-14-6-7-17-32(29)38(33)40-35;1-23-17-20-35-32(21-23)29-14-6-7-16-34(29)38(35)25-10-8-9-24(22-25)33-19-18-31-28-13-3-2-11-26(28)27-12-4-5-15-30(27)36(31)37-33/h1-32H;4-24H,1-3H3;2-22H,1H3. The number of para-hydroxylation sites is 4. The van der Waals surface area contributed by atoms with Crippen LogP contribution in [0.2, 0.25) is 0 Å². The second kappa shape index (κ2) is 30.2. The summed E-state index contributed by atoms with van der Waals surface area (Å²) in [4.78, 5) is 16.1. The van der Waals surface area contributed by atoms with E-state index < -0.39 is 5.41 Å². The Morgan fingerprint density at radius 3 is 0.881 bits per heavy atom. The van der Waals surface area contributed by atoms with Crippen molar-refractivity contribution in [1.82, 2.24) is 28.7 Å². The Bertz CT molecular complexity index is 9530. The number of pyridine rings is 3. The monoisotopic (exact) mass is 1720 g/mol. The lowest BCUT2D eigenvalue weighted by Crippen LogP contribution is -2.26. The average Bonchev–Trinajstić information content (AvgIpc) is 1.50. The van der Waals surface area contributed by atoms with Crippen LogP contribution in [0.15, 0.2) is 449 Å². The first-order chi connectivity index (χ1) is 66.5. The predicted octanol–water partition coefficient (Wildman–Crippen LogP) is 33.9. The van der Waals surface area contributed by atoms with E-state index in [9.17, 15) is 0 Å². The van der Waals surface area contributed by atoms with Gasteiger partial charge in [-0.15, -0.1) is 0 Å². The van der Waals surface area contributed by atoms with Crippen LogP contribution in [-0.4, -0.2) is 28.7 Å². The Balaban J connectivity index is 0.000000106. The van der Waals surface area contributed by atoms with E-state index in [2.05, 4.69) is 490 Å². The highest BCUT2D eigenvalue weighted by atomic mass is 15.0. The number of nitrogens with zero attached hydrogens (tertiary/aromatic N) is 6. The smallest absolute Gasteiger partial charge is 0.0794 e. The topological polar surface area (TPSA) is 53.5 Å². The minimum Gasteiger partial charge on any atom is -0.309 e. The zero-order valence-corrected chi connectivity index (χ0v) is 74.9. The van der Waals surface area contributed by atoms with Crippen LogP contribution in [0, 0.1) is 6.92 Å². The fourth-order valence-electron chi connectivity index (χ4n) is 23.1. The Labute approximate surface area is 779 Å². The van der Waals surface area contributed by atoms with Gasteiger partial charge >= 0.3 is 0 Å². The molecule has 0 saturated carbocycles. The molecule has 0 saturated heterocycles. The minimum atomic E-state index is -0.498. The van der Waals surface area contributed by atoms with E-state index in [1.54, 1.807) is 0 Å². The molecule has 6 aromatic heterocycles. The Morgan fingerprint density at radius 1 is 0.193 bits per heavy atom. The SMILES string of the molecule is CC(C)(C)c1ccc2c(c1)c1ccccc1n2-c1cccc(-c2ccc3c4ccccc4c4ccccc4c3n2)c1.Cc1ccc2c(c1)c1ccccc1n2-c1cccc(-c2ccc3c4ccccc4c4ccccc4c3n2)c1.c1ccc2c(c1)-c1ccccc1C21c2cc(-c3ccc4c5ccccc5c5ccccc5c4n3)ccc2-c2ccc(-n3c4ccccc4c4ccccc43)cc21. The summed E-state index contributed by atoms with van der Waals surface area (Å²) in [7, 11) is 0. The van der Waals surface area contributed by atoms with Crippen molar-refractivity contribution in [3.8, 4) is 73.1 Å². The van der Waals surface area contributed by atoms with Gasteiger partial charge in [0, 0.05) is 98.4 Å². The Morgan fingerprint density at radius 2 is 0.481 bits per heavy atom. The highest BCUT2D eigenvalue weighted by Gasteiger charge is 2.52. The first-order valence-corrected chi connectivity index (χ1v) is 46.9. The van der Waals surface area contributed by atoms with Gasteiger partial charge in [0.25, 0.3) is 0 Å². The number of aromatic nitrogens is 6. The zero-order chi connectivity index (χ0) is 89.5. The average molecular weight is 1720 g/mol. The van der Waals surface area contributed by atoms with E-state index in [-0.39, 0.29) is 5.41 Å². The molecule has 0 N–H and O–H groups in total. The molecule has 21 aromatic carbocycles. The predicted molar refractivity (Wildman–Crippen MR) is 569 cm³/mol. The summed E-state index contributed by atoms with van der Waals surface area (Å²) >= 11 is 0. The first-order valence-electron chi connectivity index (χ1n) is 46.9. The summed E-state index contributed by atoms with van der Waals surface area (Å²) in [5.41, 5.74) is 32.9. The van der Waals surface area contributed by atoms with Crippen LogP contribution in [0.25, 0.3) is 236 Å². The highest BCUT2D eigenvalue weighted by molar-refractivity contribution is 6.27. The van der Waals surface area contributed by atoms with E-state index >= 15 is 0 Å². The highest BCUT2D eigenvalue weighted by Crippen LogP contribution is 2.64. The van der Waals surface area contributed by atoms with Crippen molar-refractivity contribution in [2.75, 3.05) is 0 Å². The molecule has 27 aromatic rings. The second-order valence-electron chi connectivity index (χ2n) is 37.6. The Kier molecular flexibility index (Phi) is 17.4. The molecule has 0 atom stereocenters. The van der Waals surface area contributed by atoms with Crippen LogP contribution in [-0.2, 0) is 10.8 Å². The summed E-state index contributed by atoms with van der Waals surface area (Å²) in [6, 6.07) is 164. The van der Waals surface area contributed by atoms with Crippen LogP contribution < -0.4 is 0 Å². The quantitative estimate of drug-likeness (QED) is 0.156. The van der Waals surface area contributed by atoms with Crippen LogP contribution in [0.5, 0.6) is 0 Å². The van der Waals surface area contributed by atoms with Crippen molar-refractivity contribution in [1.29, 1.82) is 0 Å². The van der Waals surface area contributed by atoms with Crippen molar-refractivity contribution in [2.45, 2.75) is 38.5 Å². The van der Waals surface area contributed by atoms with Crippen LogP contribution in [0.4, 0.5) is 0 Å². The molecular formula is C129H86N6. The molecule has 0 amide bonds. The molecule has 0 unspecified atom stereocenters. The number of benzene rings is 21. The van der Waals surface area contributed by atoms with Gasteiger partial charge in [0.2, 0.25) is 0 Å². The third kappa shape index (κ3) is 11.9. The second-order valence-corrected chi connectivity index (χ2v) is 37.6. The van der Waals surface area contributed by atoms with Crippen LogP contribution in [0.1, 0.15) is 54.2 Å². The summed E-state index contributed by atoms with van der Waals surface area (Å²) in [6.45, 7) is 8.99. The summed E-state index contributed by atoms with van der Waals surface area (Å²) in [5.74, 6) is 0. The van der Waals surface area contributed by atoms with Gasteiger partial charge in [-0.1, -0.05) is 348 Å². The molecular weight excluding hydrogens is 1630 g/mol. The minimum absolute atomic E-state index is 0.0918. The van der Waals surface area contributed by atoms with Gasteiger partial charge in [-0.05, 0) is 238 Å². The molecule has 0 aliphatic heterocycles. The molecule has 135 heavy (non-hydrogen) atoms. The maximum Gasteiger partial charge on any atom is 0.0794 e. The number of rotatable bonds is 6. The third-order valence-corrected chi connectivity index (χ3v) is 29.1. The number of hydrogen-bond donors (Lipinski definition) is 0. The molecule has 0 fully saturated rings. The van der Waals surface area contributed by atoms with Crippen molar-refractivity contribution >= 4 is 163 Å². The fraction of sp³-hybridized carbons (Fsp3) is 0.0465. The number of fused-ring (bicyclic) bond motifs is 37. The van der Waals surface area contributed by atoms with E-state index in [0.717, 1.165) is 61.7 Å².